The fourth-order valence-corrected chi connectivity index (χ4v) is 60.0. The average Bonchev–Trinajstić information content (AvgIpc) is 1.22. The molecule has 0 heteroatoms. The van der Waals surface area contributed by atoms with Gasteiger partial charge >= 0.3 is 0 Å². The summed E-state index contributed by atoms with van der Waals surface area (Å²) in [5.74, 6) is 82.2. The van der Waals surface area contributed by atoms with E-state index in [0.29, 0.717) is 0 Å². The van der Waals surface area contributed by atoms with Gasteiger partial charge in [-0.15, -0.1) is 0 Å². The highest BCUT2D eigenvalue weighted by atomic mass is 15.0. The van der Waals surface area contributed by atoms with E-state index < -0.39 is 0 Å². The van der Waals surface area contributed by atoms with Crippen molar-refractivity contribution >= 4 is 0 Å². The van der Waals surface area contributed by atoms with Gasteiger partial charge in [-0.05, 0) is 689 Å². The second-order valence-electron chi connectivity index (χ2n) is 59.4. The average molecular weight is 1540 g/mol. The van der Waals surface area contributed by atoms with E-state index in [4.69, 9.17) is 0 Å². The van der Waals surface area contributed by atoms with Gasteiger partial charge < -0.3 is 0 Å². The summed E-state index contributed by atoms with van der Waals surface area (Å²) in [5.41, 5.74) is 2.89. The van der Waals surface area contributed by atoms with Crippen molar-refractivity contribution in [2.75, 3.05) is 0 Å². The van der Waals surface area contributed by atoms with Crippen LogP contribution in [-0.4, -0.2) is 0 Å². The van der Waals surface area contributed by atoms with Crippen LogP contribution in [0.15, 0.2) is 0 Å². The minimum absolute atomic E-state index is 0.947. The molecular formula is C115H158. The number of hydrogen-bond donors (Lipinski definition) is 0. The number of rotatable bonds is 0. The molecule has 55 saturated carbocycles. The van der Waals surface area contributed by atoms with E-state index in [2.05, 4.69) is 0 Å². The molecule has 48 bridgehead atoms. The summed E-state index contributed by atoms with van der Waals surface area (Å²) < 4.78 is 0. The highest BCUT2D eigenvalue weighted by Crippen LogP contribution is 3.01. The van der Waals surface area contributed by atoms with E-state index >= 15 is 0 Å². The van der Waals surface area contributed by atoms with Gasteiger partial charge in [0.15, 0.2) is 0 Å². The van der Waals surface area contributed by atoms with Gasteiger partial charge in [0.25, 0.3) is 0 Å². The molecule has 0 heterocycles. The third-order valence-corrected chi connectivity index (χ3v) is 59.7. The van der Waals surface area contributed by atoms with Crippen LogP contribution in [0.2, 0.25) is 0 Å². The van der Waals surface area contributed by atoms with Crippen LogP contribution >= 0.6 is 0 Å². The molecule has 0 radical (unpaired) electrons. The Kier molecular flexibility index (Phi) is 12.1. The summed E-state index contributed by atoms with van der Waals surface area (Å²) in [6, 6.07) is 0. The molecule has 0 aromatic rings. The van der Waals surface area contributed by atoms with Crippen LogP contribution in [0.5, 0.6) is 0 Å². The molecule has 22 unspecified atom stereocenters. The standard InChI is InChI=1S/C22H28.C14H16.2C14H20.C12H18.C11H16.C11H18.C9H14.C8H8/c1-9-3-17-11-5-16-15-6-12-14-2-10-4-18(12)21(7-9,19(15)13(1)11)22(17,8-10)20(14)16;1-3-7-8(3)12-5(1)11(7)13-6-2-4-9(13)10(4)14(6)12;1-7-2-11-12-4-8-3-10(14(12)6-8)9(1)13(11)5-7;1-2-8-5-7(1)11-12(8)14-10-4-3-9(6-10)13(11)14;1-7-2-11-3-8(1)10-4-9(7)5-12(11)6-10;1-2-8-6-10-4-3-9-5-7(1)11(8,9)10;1-2-9-5-10-3-8(1)4-11(6-9)7-10;1-6-2-8-4-7(1)5-9(8)3-6;1-2-5-3(1)7-4(1)6(2)8(5)7/h9-20H,1-8H2;3-14H,1-2H2;2*7-14H,1-6H2;7-12H,1-6H2;7-10H,1-6H2;8-11H,1-7H2;6-9H,1-5H2;1-8H. The van der Waals surface area contributed by atoms with E-state index in [1.54, 1.807) is 295 Å². The molecule has 55 aliphatic carbocycles. The van der Waals surface area contributed by atoms with E-state index in [-0.39, 0.29) is 0 Å². The van der Waals surface area contributed by atoms with Gasteiger partial charge in [0.05, 0.1) is 0 Å². The molecule has 55 fully saturated rings. The lowest BCUT2D eigenvalue weighted by Gasteiger charge is -3.03. The third-order valence-electron chi connectivity index (χ3n) is 59.7. The number of hydrogen-bond acceptors (Lipinski definition) is 0. The molecule has 55 rings (SSSR count). The molecule has 0 saturated heterocycles. The highest BCUT2D eigenvalue weighted by molar-refractivity contribution is 5.45. The van der Waals surface area contributed by atoms with Crippen LogP contribution in [0.25, 0.3) is 0 Å². The van der Waals surface area contributed by atoms with Crippen LogP contribution in [0.1, 0.15) is 295 Å². The van der Waals surface area contributed by atoms with Crippen LogP contribution in [0, 0.1) is 407 Å². The quantitative estimate of drug-likeness (QED) is 0.227. The van der Waals surface area contributed by atoms with Crippen LogP contribution < -0.4 is 0 Å². The fraction of sp³-hybridized carbons (Fsp3) is 1.00. The molecule has 55 aliphatic rings. The predicted octanol–water partition coefficient (Wildman–Crippen LogP) is 26.1. The Labute approximate surface area is 697 Å². The van der Waals surface area contributed by atoms with Crippen molar-refractivity contribution in [3.05, 3.63) is 0 Å². The predicted molar refractivity (Wildman–Crippen MR) is 450 cm³/mol. The van der Waals surface area contributed by atoms with Gasteiger partial charge in [-0.3, -0.25) is 0 Å². The van der Waals surface area contributed by atoms with Crippen molar-refractivity contribution in [3.8, 4) is 0 Å². The Bertz CT molecular complexity index is 3660. The van der Waals surface area contributed by atoms with Gasteiger partial charge in [0.2, 0.25) is 0 Å². The highest BCUT2D eigenvalue weighted by Gasteiger charge is 2.98. The fourth-order valence-electron chi connectivity index (χ4n) is 60.0. The van der Waals surface area contributed by atoms with Crippen molar-refractivity contribution in [1.29, 1.82) is 0 Å². The first kappa shape index (κ1) is 65.5. The zero-order valence-corrected chi connectivity index (χ0v) is 72.1. The maximum absolute atomic E-state index is 1.75. The molecule has 22 atom stereocenters. The van der Waals surface area contributed by atoms with Crippen molar-refractivity contribution in [1.82, 2.24) is 0 Å². The molecule has 0 aromatic carbocycles. The Hall–Kier alpha value is 0. The molecular weight excluding hydrogens is 1380 g/mol. The second kappa shape index (κ2) is 21.2. The molecule has 3 spiro atoms. The van der Waals surface area contributed by atoms with E-state index in [1.807, 2.05) is 0 Å². The summed E-state index contributed by atoms with van der Waals surface area (Å²) >= 11 is 0. The lowest BCUT2D eigenvalue weighted by molar-refractivity contribution is -0.565. The molecule has 0 nitrogen and oxygen atoms in total. The van der Waals surface area contributed by atoms with Gasteiger partial charge in [-0.2, -0.15) is 0 Å². The SMILES string of the molecule is C12C3C4C1C1C2C3C41.C1C2C3C2C2C1C3C1C3CC4C1C4C32.C1C2CC3C1C(C2)C1CC2CC1C3C2.C1C2CC3C4CC5C6CC7C8CC9CC7C(C2)(C6C14)C3(C9)C85.C1C2CC3CC1C1CC2CC3C1.C1C2CC3CC1CC3C2.C1CC2CC1C1C2C2C3CCC(C3)C12.C1CC2CC3CC1CC(C2)C3.C1CC2CC3CCC4CC1C423. The molecule has 0 aliphatic heterocycles. The smallest absolute Gasteiger partial charge is 0.0168 e. The van der Waals surface area contributed by atoms with Gasteiger partial charge in [0.1, 0.15) is 0 Å². The summed E-state index contributed by atoms with van der Waals surface area (Å²) in [6.07, 6.45) is 75.6. The Morgan fingerprint density at radius 3 is 0.661 bits per heavy atom. The first-order valence-corrected chi connectivity index (χ1v) is 56.8. The lowest BCUT2D eigenvalue weighted by atomic mass is 9.01. The molecule has 0 N–H and O–H groups in total. The second-order valence-corrected chi connectivity index (χ2v) is 59.4. The van der Waals surface area contributed by atoms with Crippen molar-refractivity contribution in [3.63, 3.8) is 0 Å². The maximum atomic E-state index is 1.75. The van der Waals surface area contributed by atoms with Gasteiger partial charge in [-0.25, -0.2) is 0 Å². The summed E-state index contributed by atoms with van der Waals surface area (Å²) in [5, 5.41) is 0. The Morgan fingerprint density at radius 1 is 0.130 bits per heavy atom. The Morgan fingerprint density at radius 2 is 0.374 bits per heavy atom. The third kappa shape index (κ3) is 7.25. The van der Waals surface area contributed by atoms with Crippen molar-refractivity contribution in [2.45, 2.75) is 295 Å². The molecule has 115 heavy (non-hydrogen) atoms. The minimum Gasteiger partial charge on any atom is -0.0502 e. The topological polar surface area (TPSA) is 0 Å². The van der Waals surface area contributed by atoms with E-state index in [9.17, 15) is 0 Å². The van der Waals surface area contributed by atoms with E-state index in [0.717, 1.165) is 28.1 Å². The summed E-state index contributed by atoms with van der Waals surface area (Å²) in [4.78, 5) is 0. The van der Waals surface area contributed by atoms with Gasteiger partial charge in [0, 0.05) is 0 Å². The number of fused-ring (bicyclic) bond motifs is 17. The van der Waals surface area contributed by atoms with Crippen LogP contribution in [0.4, 0.5) is 0 Å². The van der Waals surface area contributed by atoms with Crippen molar-refractivity contribution in [2.24, 2.45) is 407 Å². The minimum atomic E-state index is 0.947. The largest absolute Gasteiger partial charge is 0.0502 e. The summed E-state index contributed by atoms with van der Waals surface area (Å²) in [6.45, 7) is 0. The van der Waals surface area contributed by atoms with Gasteiger partial charge in [-0.1, -0.05) is 12.8 Å². The molecule has 0 aromatic heterocycles. The first-order chi connectivity index (χ1) is 56.8. The normalized spacial score (nSPS) is 76.6. The monoisotopic (exact) mass is 1540 g/mol. The Balaban J connectivity index is 0.0000000595. The molecule has 0 amide bonds. The lowest BCUT2D eigenvalue weighted by Crippen LogP contribution is -3.00. The van der Waals surface area contributed by atoms with E-state index in [1.165, 1.54) is 379 Å². The first-order valence-electron chi connectivity index (χ1n) is 56.8. The zero-order valence-electron chi connectivity index (χ0n) is 72.1. The molecule has 618 valence electrons. The van der Waals surface area contributed by atoms with Crippen LogP contribution in [-0.2, 0) is 0 Å². The zero-order chi connectivity index (χ0) is 72.1. The summed E-state index contributed by atoms with van der Waals surface area (Å²) in [7, 11) is 0. The van der Waals surface area contributed by atoms with Crippen LogP contribution in [0.3, 0.4) is 0 Å². The van der Waals surface area contributed by atoms with Crippen molar-refractivity contribution < 1.29 is 0 Å². The maximum Gasteiger partial charge on any atom is -0.0168 e.